The van der Waals surface area contributed by atoms with E-state index < -0.39 is 0 Å². The molecule has 106 valence electrons. The lowest BCUT2D eigenvalue weighted by molar-refractivity contribution is 0.277. The van der Waals surface area contributed by atoms with Gasteiger partial charge in [0.1, 0.15) is 0 Å². The molecule has 0 aromatic heterocycles. The lowest BCUT2D eigenvalue weighted by Crippen LogP contribution is -2.63. The van der Waals surface area contributed by atoms with Crippen LogP contribution in [0.25, 0.3) is 0 Å². The zero-order valence-electron chi connectivity index (χ0n) is 12.6. The van der Waals surface area contributed by atoms with Crippen LogP contribution in [0.5, 0.6) is 0 Å². The number of benzene rings is 1. The number of anilines is 1. The van der Waals surface area contributed by atoms with Gasteiger partial charge in [-0.05, 0) is 50.5 Å². The molecule has 3 heteroatoms. The molecule has 1 aliphatic rings. The smallest absolute Gasteiger partial charge is 0.0438 e. The van der Waals surface area contributed by atoms with Crippen LogP contribution in [-0.4, -0.2) is 24.7 Å². The van der Waals surface area contributed by atoms with Gasteiger partial charge in [-0.2, -0.15) is 0 Å². The summed E-state index contributed by atoms with van der Waals surface area (Å²) >= 11 is 3.62. The van der Waals surface area contributed by atoms with E-state index in [-0.39, 0.29) is 5.54 Å². The van der Waals surface area contributed by atoms with Gasteiger partial charge in [0.15, 0.2) is 0 Å². The third kappa shape index (κ3) is 3.51. The highest BCUT2D eigenvalue weighted by Crippen LogP contribution is 2.29. The van der Waals surface area contributed by atoms with E-state index in [1.54, 1.807) is 0 Å². The first-order valence-electron chi connectivity index (χ1n) is 7.07. The second kappa shape index (κ2) is 5.45. The number of piperazine rings is 1. The van der Waals surface area contributed by atoms with E-state index in [1.807, 2.05) is 0 Å². The van der Waals surface area contributed by atoms with Crippen LogP contribution in [0.2, 0.25) is 0 Å². The molecule has 19 heavy (non-hydrogen) atoms. The Morgan fingerprint density at radius 2 is 2.00 bits per heavy atom. The van der Waals surface area contributed by atoms with Crippen LogP contribution >= 0.6 is 15.9 Å². The zero-order valence-corrected chi connectivity index (χ0v) is 14.2. The van der Waals surface area contributed by atoms with E-state index in [0.29, 0.717) is 12.0 Å². The Kier molecular flexibility index (Phi) is 4.26. The largest absolute Gasteiger partial charge is 0.365 e. The number of nitrogens with one attached hydrogen (secondary N) is 1. The van der Waals surface area contributed by atoms with Gasteiger partial charge in [0.05, 0.1) is 0 Å². The molecule has 1 N–H and O–H groups in total. The summed E-state index contributed by atoms with van der Waals surface area (Å²) in [6.07, 6.45) is 0. The number of hydrogen-bond donors (Lipinski definition) is 1. The maximum Gasteiger partial charge on any atom is 0.0438 e. The summed E-state index contributed by atoms with van der Waals surface area (Å²) in [4.78, 5) is 2.57. The number of halogens is 1. The standard InChI is InChI=1S/C16H25BrN2/c1-11(2)15-9-18-16(4,5)10-19(15)14-7-12(3)6-13(17)8-14/h6-8,11,15,18H,9-10H2,1-5H3. The van der Waals surface area contributed by atoms with Crippen molar-refractivity contribution in [3.63, 3.8) is 0 Å². The number of rotatable bonds is 2. The predicted octanol–water partition coefficient (Wildman–Crippen LogP) is 3.97. The Hall–Kier alpha value is -0.540. The summed E-state index contributed by atoms with van der Waals surface area (Å²) < 4.78 is 1.17. The molecule has 0 amide bonds. The van der Waals surface area contributed by atoms with Gasteiger partial charge in [-0.3, -0.25) is 0 Å². The van der Waals surface area contributed by atoms with E-state index in [4.69, 9.17) is 0 Å². The number of nitrogens with zero attached hydrogens (tertiary/aromatic N) is 1. The van der Waals surface area contributed by atoms with E-state index in [2.05, 4.69) is 79.0 Å². The summed E-state index contributed by atoms with van der Waals surface area (Å²) in [5.74, 6) is 0.642. The average molecular weight is 325 g/mol. The first-order valence-corrected chi connectivity index (χ1v) is 7.87. The SMILES string of the molecule is Cc1cc(Br)cc(N2CC(C)(C)NCC2C(C)C)c1. The quantitative estimate of drug-likeness (QED) is 0.885. The average Bonchev–Trinajstić information content (AvgIpc) is 2.25. The van der Waals surface area contributed by atoms with Crippen molar-refractivity contribution in [1.82, 2.24) is 5.32 Å². The highest BCUT2D eigenvalue weighted by Gasteiger charge is 2.34. The molecule has 0 aliphatic carbocycles. The summed E-state index contributed by atoms with van der Waals surface area (Å²) in [6, 6.07) is 7.26. The molecule has 2 nitrogen and oxygen atoms in total. The Morgan fingerprint density at radius 3 is 2.58 bits per heavy atom. The summed E-state index contributed by atoms with van der Waals surface area (Å²) in [7, 11) is 0. The Morgan fingerprint density at radius 1 is 1.32 bits per heavy atom. The zero-order chi connectivity index (χ0) is 14.2. The minimum atomic E-state index is 0.168. The molecule has 2 rings (SSSR count). The van der Waals surface area contributed by atoms with Crippen molar-refractivity contribution < 1.29 is 0 Å². The lowest BCUT2D eigenvalue weighted by Gasteiger charge is -2.47. The molecule has 0 bridgehead atoms. The second-order valence-corrected chi connectivity index (χ2v) is 7.61. The number of hydrogen-bond acceptors (Lipinski definition) is 2. The summed E-state index contributed by atoms with van der Waals surface area (Å²) in [5, 5.41) is 3.67. The minimum absolute atomic E-state index is 0.168. The molecule has 1 aromatic rings. The van der Waals surface area contributed by atoms with Crippen molar-refractivity contribution in [2.24, 2.45) is 5.92 Å². The fraction of sp³-hybridized carbons (Fsp3) is 0.625. The van der Waals surface area contributed by atoms with Gasteiger partial charge in [-0.15, -0.1) is 0 Å². The van der Waals surface area contributed by atoms with Crippen molar-refractivity contribution in [3.8, 4) is 0 Å². The van der Waals surface area contributed by atoms with Gasteiger partial charge in [0.25, 0.3) is 0 Å². The molecule has 1 atom stereocenters. The fourth-order valence-electron chi connectivity index (χ4n) is 2.85. The molecular weight excluding hydrogens is 300 g/mol. The van der Waals surface area contributed by atoms with Gasteiger partial charge in [0, 0.05) is 34.8 Å². The third-order valence-corrected chi connectivity index (χ3v) is 4.34. The van der Waals surface area contributed by atoms with Crippen LogP contribution in [0, 0.1) is 12.8 Å². The molecule has 1 saturated heterocycles. The van der Waals surface area contributed by atoms with E-state index in [0.717, 1.165) is 13.1 Å². The third-order valence-electron chi connectivity index (χ3n) is 3.88. The first kappa shape index (κ1) is 14.9. The van der Waals surface area contributed by atoms with E-state index in [9.17, 15) is 0 Å². The molecule has 0 saturated carbocycles. The Bertz CT molecular complexity index is 434. The van der Waals surface area contributed by atoms with Gasteiger partial charge in [-0.25, -0.2) is 0 Å². The van der Waals surface area contributed by atoms with E-state index >= 15 is 0 Å². The Balaban J connectivity index is 2.36. The summed E-state index contributed by atoms with van der Waals surface area (Å²) in [6.45, 7) is 13.4. The first-order chi connectivity index (χ1) is 8.78. The van der Waals surface area contributed by atoms with Crippen LogP contribution in [0.1, 0.15) is 33.3 Å². The predicted molar refractivity (Wildman–Crippen MR) is 86.9 cm³/mol. The fourth-order valence-corrected chi connectivity index (χ4v) is 3.45. The maximum atomic E-state index is 3.67. The molecule has 1 fully saturated rings. The van der Waals surface area contributed by atoms with Crippen molar-refractivity contribution in [2.45, 2.75) is 46.2 Å². The molecule has 0 radical (unpaired) electrons. The topological polar surface area (TPSA) is 15.3 Å². The van der Waals surface area contributed by atoms with Crippen LogP contribution < -0.4 is 10.2 Å². The van der Waals surface area contributed by atoms with Crippen LogP contribution in [0.4, 0.5) is 5.69 Å². The molecular formula is C16H25BrN2. The lowest BCUT2D eigenvalue weighted by atomic mass is 9.92. The van der Waals surface area contributed by atoms with Crippen molar-refractivity contribution in [1.29, 1.82) is 0 Å². The Labute approximate surface area is 125 Å². The normalized spacial score (nSPS) is 22.9. The van der Waals surface area contributed by atoms with Gasteiger partial charge in [0.2, 0.25) is 0 Å². The van der Waals surface area contributed by atoms with Gasteiger partial charge in [-0.1, -0.05) is 29.8 Å². The van der Waals surface area contributed by atoms with E-state index in [1.165, 1.54) is 15.7 Å². The van der Waals surface area contributed by atoms with Crippen LogP contribution in [-0.2, 0) is 0 Å². The van der Waals surface area contributed by atoms with Crippen LogP contribution in [0.3, 0.4) is 0 Å². The monoisotopic (exact) mass is 324 g/mol. The molecule has 0 spiro atoms. The molecule has 1 aromatic carbocycles. The number of aryl methyl sites for hydroxylation is 1. The van der Waals surface area contributed by atoms with Crippen molar-refractivity contribution in [2.75, 3.05) is 18.0 Å². The molecule has 1 aliphatic heterocycles. The van der Waals surface area contributed by atoms with Gasteiger partial charge >= 0.3 is 0 Å². The highest BCUT2D eigenvalue weighted by molar-refractivity contribution is 9.10. The highest BCUT2D eigenvalue weighted by atomic mass is 79.9. The molecule has 1 heterocycles. The maximum absolute atomic E-state index is 3.67. The second-order valence-electron chi connectivity index (χ2n) is 6.69. The summed E-state index contributed by atoms with van der Waals surface area (Å²) in [5.41, 5.74) is 2.81. The minimum Gasteiger partial charge on any atom is -0.365 e. The van der Waals surface area contributed by atoms with Crippen molar-refractivity contribution >= 4 is 21.6 Å². The molecule has 1 unspecified atom stereocenters. The van der Waals surface area contributed by atoms with Gasteiger partial charge < -0.3 is 10.2 Å². The van der Waals surface area contributed by atoms with Crippen LogP contribution in [0.15, 0.2) is 22.7 Å². The van der Waals surface area contributed by atoms with Crippen molar-refractivity contribution in [3.05, 3.63) is 28.2 Å².